The predicted octanol–water partition coefficient (Wildman–Crippen LogP) is 9.47. The molecule has 0 aliphatic carbocycles. The van der Waals surface area contributed by atoms with Crippen LogP contribution in [0.3, 0.4) is 0 Å². The number of nitrogens with zero attached hydrogens (tertiary/aromatic N) is 2. The van der Waals surface area contributed by atoms with Crippen LogP contribution < -0.4 is 10.6 Å². The molecule has 0 aromatic rings. The van der Waals surface area contributed by atoms with Gasteiger partial charge in [-0.2, -0.15) is 11.8 Å². The molecule has 1 atom stereocenters. The van der Waals surface area contributed by atoms with Crippen LogP contribution in [-0.4, -0.2) is 110 Å². The molecule has 10 nitrogen and oxygen atoms in total. The molecule has 0 saturated carbocycles. The molecule has 2 N–H and O–H groups in total. The molecule has 0 fully saturated rings. The molecule has 4 amide bonds. The van der Waals surface area contributed by atoms with Gasteiger partial charge >= 0.3 is 0 Å². The molecular formula is C45H88N4O6S. The van der Waals surface area contributed by atoms with Gasteiger partial charge in [-0.05, 0) is 12.8 Å². The fraction of sp³-hybridized carbons (Fsp3) is 0.911. The highest BCUT2D eigenvalue weighted by Crippen LogP contribution is 2.13. The Morgan fingerprint density at radius 3 is 1.50 bits per heavy atom. The Balaban J connectivity index is 4.60. The van der Waals surface area contributed by atoms with E-state index in [2.05, 4.69) is 24.5 Å². The third-order valence-electron chi connectivity index (χ3n) is 10.3. The zero-order chi connectivity index (χ0) is 41.3. The molecule has 11 heteroatoms. The topological polar surface area (TPSA) is 117 Å². The van der Waals surface area contributed by atoms with Crippen molar-refractivity contribution in [2.75, 3.05) is 70.6 Å². The van der Waals surface area contributed by atoms with Gasteiger partial charge in [-0.3, -0.25) is 19.2 Å². The van der Waals surface area contributed by atoms with Crippen LogP contribution in [0.4, 0.5) is 0 Å². The van der Waals surface area contributed by atoms with E-state index in [-0.39, 0.29) is 29.7 Å². The molecule has 330 valence electrons. The summed E-state index contributed by atoms with van der Waals surface area (Å²) in [5.74, 6) is 1.39. The highest BCUT2D eigenvalue weighted by molar-refractivity contribution is 7.99. The van der Waals surface area contributed by atoms with Gasteiger partial charge in [0.1, 0.15) is 0 Å². The van der Waals surface area contributed by atoms with E-state index < -0.39 is 0 Å². The Morgan fingerprint density at radius 1 is 0.518 bits per heavy atom. The van der Waals surface area contributed by atoms with E-state index in [1.54, 1.807) is 28.5 Å². The zero-order valence-electron chi connectivity index (χ0n) is 37.1. The van der Waals surface area contributed by atoms with Crippen molar-refractivity contribution in [3.8, 4) is 0 Å². The molecule has 0 aliphatic heterocycles. The first-order chi connectivity index (χ1) is 27.3. The average Bonchev–Trinajstić information content (AvgIpc) is 3.21. The number of amides is 4. The van der Waals surface area contributed by atoms with Crippen LogP contribution in [0.15, 0.2) is 0 Å². The SMILES string of the molecule is CCCCCCCCCCCCOCC(CNC(=O)CCSCCN(CCN(CCNC(=O)CC)C(=O)CC)C(=O)CC)OCCCCCCCCCCCC. The maximum absolute atomic E-state index is 12.8. The largest absolute Gasteiger partial charge is 0.379 e. The maximum atomic E-state index is 12.8. The van der Waals surface area contributed by atoms with Crippen LogP contribution in [-0.2, 0) is 28.7 Å². The van der Waals surface area contributed by atoms with E-state index in [9.17, 15) is 19.2 Å². The second-order valence-corrected chi connectivity index (χ2v) is 16.5. The zero-order valence-corrected chi connectivity index (χ0v) is 37.9. The van der Waals surface area contributed by atoms with Gasteiger partial charge in [0.25, 0.3) is 0 Å². The van der Waals surface area contributed by atoms with E-state index in [1.165, 1.54) is 116 Å². The molecule has 0 heterocycles. The van der Waals surface area contributed by atoms with Crippen LogP contribution >= 0.6 is 11.8 Å². The van der Waals surface area contributed by atoms with E-state index in [0.29, 0.717) is 89.7 Å². The van der Waals surface area contributed by atoms with Crippen molar-refractivity contribution in [2.24, 2.45) is 0 Å². The number of rotatable bonds is 42. The molecule has 0 aliphatic rings. The lowest BCUT2D eigenvalue weighted by atomic mass is 10.1. The molecule has 0 saturated heterocycles. The summed E-state index contributed by atoms with van der Waals surface area (Å²) in [4.78, 5) is 53.2. The van der Waals surface area contributed by atoms with Crippen molar-refractivity contribution in [2.45, 2.75) is 195 Å². The summed E-state index contributed by atoms with van der Waals surface area (Å²) in [6.45, 7) is 14.6. The van der Waals surface area contributed by atoms with Gasteiger partial charge in [0.2, 0.25) is 23.6 Å². The summed E-state index contributed by atoms with van der Waals surface area (Å²) >= 11 is 1.66. The van der Waals surface area contributed by atoms with E-state index in [1.807, 2.05) is 13.8 Å². The first-order valence-corrected chi connectivity index (χ1v) is 24.3. The van der Waals surface area contributed by atoms with E-state index in [0.717, 1.165) is 19.4 Å². The van der Waals surface area contributed by atoms with Gasteiger partial charge in [-0.1, -0.05) is 150 Å². The Kier molecular flexibility index (Phi) is 39.9. The van der Waals surface area contributed by atoms with Crippen LogP contribution in [0.5, 0.6) is 0 Å². The van der Waals surface area contributed by atoms with Crippen molar-refractivity contribution in [1.29, 1.82) is 0 Å². The quantitative estimate of drug-likeness (QED) is 0.0590. The fourth-order valence-corrected chi connectivity index (χ4v) is 7.42. The second-order valence-electron chi connectivity index (χ2n) is 15.3. The van der Waals surface area contributed by atoms with Gasteiger partial charge in [0, 0.05) is 89.7 Å². The highest BCUT2D eigenvalue weighted by atomic mass is 32.2. The number of unbranched alkanes of at least 4 members (excludes halogenated alkanes) is 18. The van der Waals surface area contributed by atoms with Crippen molar-refractivity contribution < 1.29 is 28.7 Å². The van der Waals surface area contributed by atoms with Crippen LogP contribution in [0.25, 0.3) is 0 Å². The summed E-state index contributed by atoms with van der Waals surface area (Å²) in [7, 11) is 0. The van der Waals surface area contributed by atoms with Crippen LogP contribution in [0.1, 0.15) is 189 Å². The van der Waals surface area contributed by atoms with Crippen LogP contribution in [0, 0.1) is 0 Å². The van der Waals surface area contributed by atoms with Crippen LogP contribution in [0.2, 0.25) is 0 Å². The fourth-order valence-electron chi connectivity index (χ4n) is 6.54. The van der Waals surface area contributed by atoms with Crippen molar-refractivity contribution >= 4 is 35.4 Å². The molecule has 56 heavy (non-hydrogen) atoms. The van der Waals surface area contributed by atoms with Gasteiger partial charge in [0.15, 0.2) is 0 Å². The van der Waals surface area contributed by atoms with Gasteiger partial charge < -0.3 is 29.9 Å². The smallest absolute Gasteiger partial charge is 0.222 e. The minimum Gasteiger partial charge on any atom is -0.379 e. The summed E-state index contributed by atoms with van der Waals surface area (Å²) in [5, 5.41) is 5.91. The molecule has 0 aromatic heterocycles. The third-order valence-corrected chi connectivity index (χ3v) is 11.2. The monoisotopic (exact) mass is 813 g/mol. The number of carbonyl (C=O) groups excluding carboxylic acids is 4. The van der Waals surface area contributed by atoms with Gasteiger partial charge in [-0.25, -0.2) is 0 Å². The molecule has 0 aromatic carbocycles. The van der Waals surface area contributed by atoms with Gasteiger partial charge in [-0.15, -0.1) is 0 Å². The molecular weight excluding hydrogens is 725 g/mol. The van der Waals surface area contributed by atoms with E-state index in [4.69, 9.17) is 9.47 Å². The molecule has 0 bridgehead atoms. The lowest BCUT2D eigenvalue weighted by molar-refractivity contribution is -0.134. The number of hydrogen-bond donors (Lipinski definition) is 2. The Morgan fingerprint density at radius 2 is 1.00 bits per heavy atom. The average molecular weight is 813 g/mol. The summed E-state index contributed by atoms with van der Waals surface area (Å²) in [5.41, 5.74) is 0. The summed E-state index contributed by atoms with van der Waals surface area (Å²) < 4.78 is 12.3. The normalized spacial score (nSPS) is 11.7. The number of nitrogens with one attached hydrogen (secondary N) is 2. The minimum atomic E-state index is -0.149. The van der Waals surface area contributed by atoms with Crippen molar-refractivity contribution in [1.82, 2.24) is 20.4 Å². The Labute approximate surface area is 348 Å². The van der Waals surface area contributed by atoms with Gasteiger partial charge in [0.05, 0.1) is 12.7 Å². The van der Waals surface area contributed by atoms with E-state index >= 15 is 0 Å². The maximum Gasteiger partial charge on any atom is 0.222 e. The molecule has 1 unspecified atom stereocenters. The van der Waals surface area contributed by atoms with Crippen molar-refractivity contribution in [3.63, 3.8) is 0 Å². The number of carbonyl (C=O) groups is 4. The molecule has 0 rings (SSSR count). The second kappa shape index (κ2) is 41.3. The first-order valence-electron chi connectivity index (χ1n) is 23.2. The lowest BCUT2D eigenvalue weighted by Gasteiger charge is -2.28. The summed E-state index contributed by atoms with van der Waals surface area (Å²) in [6, 6.07) is 0. The Bertz CT molecular complexity index is 942. The molecule has 0 spiro atoms. The number of thioether (sulfide) groups is 1. The summed E-state index contributed by atoms with van der Waals surface area (Å²) in [6.07, 6.45) is 27.3. The predicted molar refractivity (Wildman–Crippen MR) is 236 cm³/mol. The standard InChI is InChI=1S/C45H88N4O6S/c1-6-11-13-15-17-19-21-23-25-27-35-54-40-41(55-36-28-26-24-22-20-18-16-14-12-7-2)39-47-43(51)29-37-56-38-34-49(45(53)10-5)33-32-48(44(52)9-4)31-30-46-42(50)8-3/h41H,6-40H2,1-5H3,(H,46,50)(H,47,51). The molecule has 0 radical (unpaired) electrons. The van der Waals surface area contributed by atoms with Crippen molar-refractivity contribution in [3.05, 3.63) is 0 Å². The lowest BCUT2D eigenvalue weighted by Crippen LogP contribution is -2.44. The first kappa shape index (κ1) is 54.2. The highest BCUT2D eigenvalue weighted by Gasteiger charge is 2.17. The third kappa shape index (κ3) is 34.2. The minimum absolute atomic E-state index is 0.00473. The Hall–Kier alpha value is -1.85. The number of ether oxygens (including phenoxy) is 2. The number of hydrogen-bond acceptors (Lipinski definition) is 7.